The lowest BCUT2D eigenvalue weighted by Crippen LogP contribution is -2.45. The Morgan fingerprint density at radius 1 is 0.448 bits per heavy atom. The predicted octanol–water partition coefficient (Wildman–Crippen LogP) is 14.0. The molecule has 25 nitrogen and oxygen atoms in total. The summed E-state index contributed by atoms with van der Waals surface area (Å²) < 4.78 is 48.4. The number of alkyl halides is 3. The zero-order valence-electron chi connectivity index (χ0n) is 65.0. The second-order valence-corrected chi connectivity index (χ2v) is 29.3. The van der Waals surface area contributed by atoms with Crippen molar-refractivity contribution < 1.29 is 27.6 Å². The maximum absolute atomic E-state index is 14.3. The minimum Gasteiger partial charge on any atom is -0.382 e. The monoisotopic (exact) mass is 1560 g/mol. The van der Waals surface area contributed by atoms with Crippen molar-refractivity contribution in [2.75, 3.05) is 55.3 Å². The zero-order chi connectivity index (χ0) is 81.1. The van der Waals surface area contributed by atoms with Gasteiger partial charge in [0.15, 0.2) is 16.9 Å². The number of pyridine rings is 3. The Kier molecular flexibility index (Phi) is 22.2. The number of benzene rings is 6. The molecule has 2 fully saturated rings. The highest BCUT2D eigenvalue weighted by Crippen LogP contribution is 2.34. The summed E-state index contributed by atoms with van der Waals surface area (Å²) in [6.07, 6.45) is 11.5. The van der Waals surface area contributed by atoms with Gasteiger partial charge in [-0.1, -0.05) is 110 Å². The van der Waals surface area contributed by atoms with Crippen molar-refractivity contribution in [3.63, 3.8) is 0 Å². The molecule has 0 unspecified atom stereocenters. The molecule has 5 N–H and O–H groups in total. The van der Waals surface area contributed by atoms with E-state index in [0.29, 0.717) is 95.7 Å². The topological polar surface area (TPSA) is 274 Å². The number of hydrogen-bond acceptors (Lipinski definition) is 16. The number of halogens is 3. The minimum absolute atomic E-state index is 0.0748. The average Bonchev–Trinajstić information content (AvgIpc) is 1.13. The summed E-state index contributed by atoms with van der Waals surface area (Å²) in [5.74, 6) is -0.989. The van der Waals surface area contributed by atoms with Gasteiger partial charge in [-0.2, -0.15) is 28.5 Å². The Morgan fingerprint density at radius 3 is 1.21 bits per heavy atom. The highest BCUT2D eigenvalue weighted by molar-refractivity contribution is 6.03. The lowest BCUT2D eigenvalue weighted by molar-refractivity contribution is -0.115. The van der Waals surface area contributed by atoms with Crippen LogP contribution >= 0.6 is 0 Å². The fraction of sp³-hybridized carbons (Fsp3) is 0.250. The second kappa shape index (κ2) is 33.2. The Balaban J connectivity index is 0.000000137. The van der Waals surface area contributed by atoms with Crippen molar-refractivity contribution in [2.45, 2.75) is 104 Å². The van der Waals surface area contributed by atoms with Gasteiger partial charge in [-0.15, -0.1) is 0 Å². The normalized spacial score (nSPS) is 14.2. The molecular formula is C88H86F3N19O6. The van der Waals surface area contributed by atoms with Crippen LogP contribution in [0, 0.1) is 20.8 Å². The summed E-state index contributed by atoms with van der Waals surface area (Å²) in [6, 6.07) is 54.3. The quantitative estimate of drug-likeness (QED) is 0.0567. The maximum Gasteiger partial charge on any atom is 0.405 e. The molecule has 1 saturated heterocycles. The Labute approximate surface area is 664 Å². The Bertz CT molecular complexity index is 6390. The number of fused-ring (bicyclic) bond motifs is 6. The number of nitrogens with zero attached hydrogens (tertiary/aromatic N) is 14. The van der Waals surface area contributed by atoms with E-state index in [-0.39, 0.29) is 34.0 Å². The van der Waals surface area contributed by atoms with E-state index in [1.807, 2.05) is 123 Å². The molecule has 3 atom stereocenters. The summed E-state index contributed by atoms with van der Waals surface area (Å²) >= 11 is 0. The van der Waals surface area contributed by atoms with Gasteiger partial charge in [-0.05, 0) is 169 Å². The molecule has 9 aromatic heterocycles. The molecule has 17 rings (SSSR count). The van der Waals surface area contributed by atoms with Crippen LogP contribution in [0.1, 0.15) is 136 Å². The van der Waals surface area contributed by atoms with Crippen molar-refractivity contribution in [2.24, 2.45) is 0 Å². The number of likely N-dealkylation sites (N-methyl/N-ethyl adjacent to an activating group) is 1. The average molecular weight is 1560 g/mol. The number of hydrogen-bond donors (Lipinski definition) is 5. The summed E-state index contributed by atoms with van der Waals surface area (Å²) in [5, 5.41) is 32.0. The lowest BCUT2D eigenvalue weighted by Gasteiger charge is -2.34. The first-order valence-corrected chi connectivity index (χ1v) is 38.6. The molecule has 10 heterocycles. The van der Waals surface area contributed by atoms with E-state index in [1.165, 1.54) is 34.4 Å². The molecule has 1 aliphatic carbocycles. The Hall–Kier alpha value is -13.6. The third-order valence-corrected chi connectivity index (χ3v) is 21.3. The van der Waals surface area contributed by atoms with Crippen LogP contribution in [0.3, 0.4) is 0 Å². The Morgan fingerprint density at radius 2 is 0.810 bits per heavy atom. The summed E-state index contributed by atoms with van der Waals surface area (Å²) in [4.78, 5) is 100. The van der Waals surface area contributed by atoms with Crippen LogP contribution in [0.2, 0.25) is 0 Å². The molecule has 116 heavy (non-hydrogen) atoms. The van der Waals surface area contributed by atoms with Gasteiger partial charge in [0.2, 0.25) is 0 Å². The van der Waals surface area contributed by atoms with Gasteiger partial charge in [0.05, 0.1) is 57.1 Å². The summed E-state index contributed by atoms with van der Waals surface area (Å²) in [7, 11) is 2.12. The van der Waals surface area contributed by atoms with E-state index < -0.39 is 42.3 Å². The van der Waals surface area contributed by atoms with Gasteiger partial charge in [-0.25, -0.2) is 28.5 Å². The van der Waals surface area contributed by atoms with Gasteiger partial charge >= 0.3 is 6.18 Å². The molecular weight excluding hydrogens is 1480 g/mol. The van der Waals surface area contributed by atoms with Crippen molar-refractivity contribution >= 4 is 84.0 Å². The molecule has 0 radical (unpaired) electrons. The first-order valence-electron chi connectivity index (χ1n) is 38.6. The summed E-state index contributed by atoms with van der Waals surface area (Å²) in [5.41, 5.74) is 9.27. The van der Waals surface area contributed by atoms with E-state index in [2.05, 4.69) is 73.7 Å². The standard InChI is InChI=1S/C31H32N6O2.C30H31N7O2.C27H23F3N6O2/c1-20(33-30(38)27-21(2)35-36-18-10-17-32-29(27)36)26-19-22-11-9-16-25(34-23-12-5-3-6-13-23)28(22)31(39)37(26)24-14-7-4-8-15-24;1-20(32-29(38)26-21(2)33-36-14-8-13-31-28(26)36)25-19-22-9-7-12-24(35-17-15-34(3)16-18-35)27(22)30(39)37(25)23-10-5-4-6-11-23;1-16(33-25(37)22-17(2)34-35-13-7-12-31-24(22)35)21-14-18-8-6-11-20(32-15-27(28,29)30)23(18)26(38)36(21)19-9-4-3-5-10-19/h4,7-11,14-20,23,34H,3,5-6,12-13H2,1-2H3,(H,33,38);4-14,19-20H,15-18H2,1-3H3,(H,32,38);3-14,16,32H,15H2,1-2H3,(H,33,37)/t2*20-;16-/m000/s1. The number of anilines is 3. The van der Waals surface area contributed by atoms with E-state index in [4.69, 9.17) is 0 Å². The number of carbonyl (C=O) groups is 3. The number of nitrogens with one attached hydrogen (secondary N) is 5. The van der Waals surface area contributed by atoms with Crippen LogP contribution in [0.25, 0.3) is 66.3 Å². The van der Waals surface area contributed by atoms with Crippen LogP contribution in [-0.2, 0) is 0 Å². The molecule has 3 amide bonds. The second-order valence-electron chi connectivity index (χ2n) is 29.3. The number of amides is 3. The molecule has 1 aliphatic heterocycles. The third-order valence-electron chi connectivity index (χ3n) is 21.3. The van der Waals surface area contributed by atoms with Crippen LogP contribution in [0.5, 0.6) is 0 Å². The van der Waals surface area contributed by atoms with Crippen LogP contribution < -0.4 is 48.2 Å². The number of piperazine rings is 1. The highest BCUT2D eigenvalue weighted by Gasteiger charge is 2.31. The van der Waals surface area contributed by atoms with Gasteiger partial charge in [0, 0.05) is 115 Å². The minimum atomic E-state index is -4.45. The van der Waals surface area contributed by atoms with Crippen LogP contribution in [0.4, 0.5) is 30.2 Å². The predicted molar refractivity (Wildman–Crippen MR) is 444 cm³/mol. The van der Waals surface area contributed by atoms with Crippen molar-refractivity contribution in [3.8, 4) is 17.1 Å². The molecule has 2 aliphatic rings. The third kappa shape index (κ3) is 15.9. The largest absolute Gasteiger partial charge is 0.405 e. The van der Waals surface area contributed by atoms with Crippen LogP contribution in [0.15, 0.2) is 234 Å². The smallest absolute Gasteiger partial charge is 0.382 e. The molecule has 15 aromatic rings. The van der Waals surface area contributed by atoms with E-state index >= 15 is 0 Å². The number of carbonyl (C=O) groups excluding carboxylic acids is 3. The summed E-state index contributed by atoms with van der Waals surface area (Å²) in [6.45, 7) is 13.2. The van der Waals surface area contributed by atoms with Gasteiger partial charge < -0.3 is 36.4 Å². The molecule has 28 heteroatoms. The van der Waals surface area contributed by atoms with E-state index in [1.54, 1.807) is 150 Å². The first kappa shape index (κ1) is 77.7. The van der Waals surface area contributed by atoms with Crippen molar-refractivity contribution in [1.29, 1.82) is 0 Å². The van der Waals surface area contributed by atoms with E-state index in [0.717, 1.165) is 72.5 Å². The number of rotatable bonds is 17. The molecule has 0 spiro atoms. The molecule has 1 saturated carbocycles. The lowest BCUT2D eigenvalue weighted by atomic mass is 9.95. The number of aromatic nitrogens is 12. The molecule has 0 bridgehead atoms. The van der Waals surface area contributed by atoms with Crippen molar-refractivity contribution in [3.05, 3.63) is 301 Å². The highest BCUT2D eigenvalue weighted by atomic mass is 19.4. The van der Waals surface area contributed by atoms with Crippen LogP contribution in [-0.4, -0.2) is 132 Å². The maximum atomic E-state index is 14.3. The number of aryl methyl sites for hydroxylation is 3. The molecule has 6 aromatic carbocycles. The SMILES string of the molecule is Cc1nn2cccnc2c1C(=O)N[C@@H](C)c1cc2cccc(N3CCN(C)CC3)c2c(=O)n1-c1ccccc1.Cc1nn2cccnc2c1C(=O)N[C@@H](C)c1cc2cccc(NC3CCCCC3)c2c(=O)n1-c1ccccc1.Cc1nn2cccnc2c1C(=O)N[C@@H](C)c1cc2cccc(NCC(F)(F)F)c2c(=O)n1-c1ccccc1. The zero-order valence-corrected chi connectivity index (χ0v) is 65.0. The number of para-hydroxylation sites is 3. The fourth-order valence-corrected chi connectivity index (χ4v) is 15.7. The van der Waals surface area contributed by atoms with Gasteiger partial charge in [0.25, 0.3) is 34.4 Å². The first-order chi connectivity index (χ1) is 56.1. The van der Waals surface area contributed by atoms with Gasteiger partial charge in [0.1, 0.15) is 23.2 Å². The van der Waals surface area contributed by atoms with Gasteiger partial charge in [-0.3, -0.25) is 42.5 Å². The fourth-order valence-electron chi connectivity index (χ4n) is 15.7. The molecule has 590 valence electrons. The van der Waals surface area contributed by atoms with E-state index in [9.17, 15) is 41.9 Å². The van der Waals surface area contributed by atoms with Crippen molar-refractivity contribution in [1.82, 2.24) is 78.3 Å².